The Morgan fingerprint density at radius 1 is 1.32 bits per heavy atom. The number of benzene rings is 1. The summed E-state index contributed by atoms with van der Waals surface area (Å²) in [5.74, 6) is -1.43. The second kappa shape index (κ2) is 8.48. The lowest BCUT2D eigenvalue weighted by molar-refractivity contribution is -0.141. The highest BCUT2D eigenvalue weighted by Crippen LogP contribution is 2.21. The van der Waals surface area contributed by atoms with Gasteiger partial charge in [0.2, 0.25) is 10.0 Å². The van der Waals surface area contributed by atoms with Gasteiger partial charge in [-0.3, -0.25) is 9.52 Å². The first kappa shape index (κ1) is 22.2. The van der Waals surface area contributed by atoms with Crippen LogP contribution in [0.15, 0.2) is 24.3 Å². The molecule has 9 nitrogen and oxygen atoms in total. The lowest BCUT2D eigenvalue weighted by Gasteiger charge is -2.29. The van der Waals surface area contributed by atoms with Crippen LogP contribution in [0.2, 0.25) is 0 Å². The van der Waals surface area contributed by atoms with Gasteiger partial charge in [-0.2, -0.15) is 0 Å². The van der Waals surface area contributed by atoms with Crippen molar-refractivity contribution < 1.29 is 31.2 Å². The van der Waals surface area contributed by atoms with Crippen LogP contribution in [0.4, 0.5) is 5.69 Å². The van der Waals surface area contributed by atoms with Crippen molar-refractivity contribution in [2.75, 3.05) is 29.0 Å². The number of hydrogen-bond acceptors (Lipinski definition) is 7. The van der Waals surface area contributed by atoms with E-state index in [9.17, 15) is 26.4 Å². The third-order valence-corrected chi connectivity index (χ3v) is 6.69. The fourth-order valence-corrected chi connectivity index (χ4v) is 5.38. The summed E-state index contributed by atoms with van der Waals surface area (Å²) >= 11 is 0. The molecule has 0 aromatic heterocycles. The number of ether oxygens (including phenoxy) is 1. The van der Waals surface area contributed by atoms with Crippen LogP contribution in [0.25, 0.3) is 0 Å². The molecule has 1 amide bonds. The number of carbonyl (C=O) groups is 2. The number of anilines is 1. The number of esters is 1. The molecular weight excluding hydrogens is 408 g/mol. The summed E-state index contributed by atoms with van der Waals surface area (Å²) in [7, 11) is -6.77. The second-order valence-electron chi connectivity index (χ2n) is 6.65. The Labute approximate surface area is 165 Å². The summed E-state index contributed by atoms with van der Waals surface area (Å²) in [6.45, 7) is 3.41. The molecular formula is C17H24N2O7S2. The molecule has 11 heteroatoms. The molecule has 0 radical (unpaired) electrons. The zero-order valence-corrected chi connectivity index (χ0v) is 17.5. The minimum absolute atomic E-state index is 0.0279. The van der Waals surface area contributed by atoms with Crippen LogP contribution in [0, 0.1) is 0 Å². The Morgan fingerprint density at radius 3 is 2.50 bits per heavy atom. The molecule has 1 fully saturated rings. The number of nitrogens with one attached hydrogen (secondary N) is 1. The highest BCUT2D eigenvalue weighted by Gasteiger charge is 2.36. The van der Waals surface area contributed by atoms with Crippen molar-refractivity contribution in [1.82, 2.24) is 4.90 Å². The average Bonchev–Trinajstić information content (AvgIpc) is 2.94. The number of nitrogens with zero attached hydrogens (tertiary/aromatic N) is 1. The Kier molecular flexibility index (Phi) is 6.71. The largest absolute Gasteiger partial charge is 0.449 e. The first-order valence-electron chi connectivity index (χ1n) is 8.72. The highest BCUT2D eigenvalue weighted by atomic mass is 32.2. The van der Waals surface area contributed by atoms with E-state index in [0.717, 1.165) is 6.26 Å². The molecule has 0 aliphatic carbocycles. The SMILES string of the molecule is CCN(C(=O)[C@H](C)OC(=O)c1ccccc1NS(C)(=O)=O)[C@@H]1CCS(=O)(=O)C1. The lowest BCUT2D eigenvalue weighted by atomic mass is 10.1. The van der Waals surface area contributed by atoms with E-state index in [-0.39, 0.29) is 29.3 Å². The number of rotatable bonds is 7. The van der Waals surface area contributed by atoms with Crippen molar-refractivity contribution in [2.24, 2.45) is 0 Å². The molecule has 28 heavy (non-hydrogen) atoms. The molecule has 1 aromatic rings. The van der Waals surface area contributed by atoms with Gasteiger partial charge in [0.15, 0.2) is 15.9 Å². The van der Waals surface area contributed by atoms with E-state index >= 15 is 0 Å². The van der Waals surface area contributed by atoms with Gasteiger partial charge in [0.25, 0.3) is 5.91 Å². The predicted molar refractivity (Wildman–Crippen MR) is 104 cm³/mol. The van der Waals surface area contributed by atoms with E-state index in [1.54, 1.807) is 13.0 Å². The fraction of sp³-hybridized carbons (Fsp3) is 0.529. The first-order valence-corrected chi connectivity index (χ1v) is 12.4. The third kappa shape index (κ3) is 5.68. The first-order chi connectivity index (χ1) is 12.9. The molecule has 1 aliphatic heterocycles. The zero-order chi connectivity index (χ0) is 21.1. The van der Waals surface area contributed by atoms with Crippen molar-refractivity contribution >= 4 is 37.4 Å². The Hall–Kier alpha value is -2.14. The van der Waals surface area contributed by atoms with E-state index in [1.165, 1.54) is 30.0 Å². The van der Waals surface area contributed by atoms with E-state index in [0.29, 0.717) is 6.42 Å². The Bertz CT molecular complexity index is 957. The fourth-order valence-electron chi connectivity index (χ4n) is 3.07. The number of hydrogen-bond donors (Lipinski definition) is 1. The molecule has 2 rings (SSSR count). The van der Waals surface area contributed by atoms with E-state index < -0.39 is 43.9 Å². The number of amides is 1. The standard InChI is InChI=1S/C17H24N2O7S2/c1-4-19(13-9-10-28(24,25)11-13)16(20)12(2)26-17(21)14-7-5-6-8-15(14)18-27(3,22)23/h5-8,12-13,18H,4,9-11H2,1-3H3/t12-,13+/m0/s1. The molecule has 1 saturated heterocycles. The third-order valence-electron chi connectivity index (χ3n) is 4.35. The van der Waals surface area contributed by atoms with Gasteiger partial charge < -0.3 is 9.64 Å². The second-order valence-corrected chi connectivity index (χ2v) is 10.6. The van der Waals surface area contributed by atoms with E-state index in [4.69, 9.17) is 4.74 Å². The molecule has 2 atom stereocenters. The van der Waals surface area contributed by atoms with Gasteiger partial charge in [-0.15, -0.1) is 0 Å². The van der Waals surface area contributed by atoms with E-state index in [1.807, 2.05) is 0 Å². The van der Waals surface area contributed by atoms with Crippen LogP contribution in [0.5, 0.6) is 0 Å². The highest BCUT2D eigenvalue weighted by molar-refractivity contribution is 7.92. The summed E-state index contributed by atoms with van der Waals surface area (Å²) in [5, 5.41) is 0. The molecule has 0 saturated carbocycles. The van der Waals surface area contributed by atoms with Crippen molar-refractivity contribution in [1.29, 1.82) is 0 Å². The van der Waals surface area contributed by atoms with E-state index in [2.05, 4.69) is 4.72 Å². The number of sulfonamides is 1. The summed E-state index contributed by atoms with van der Waals surface area (Å²) < 4.78 is 53.8. The maximum absolute atomic E-state index is 12.7. The molecule has 1 aliphatic rings. The van der Waals surface area contributed by atoms with Crippen LogP contribution in [0.1, 0.15) is 30.6 Å². The average molecular weight is 433 g/mol. The maximum Gasteiger partial charge on any atom is 0.341 e. The molecule has 156 valence electrons. The number of sulfone groups is 1. The molecule has 0 bridgehead atoms. The quantitative estimate of drug-likeness (QED) is 0.626. The summed E-state index contributed by atoms with van der Waals surface area (Å²) in [5.41, 5.74) is 0.0166. The summed E-state index contributed by atoms with van der Waals surface area (Å²) in [6.07, 6.45) is 0.154. The monoisotopic (exact) mass is 432 g/mol. The smallest absolute Gasteiger partial charge is 0.341 e. The maximum atomic E-state index is 12.7. The Morgan fingerprint density at radius 2 is 1.96 bits per heavy atom. The van der Waals surface area contributed by atoms with Gasteiger partial charge >= 0.3 is 5.97 Å². The number of likely N-dealkylation sites (N-methyl/N-ethyl adjacent to an activating group) is 1. The topological polar surface area (TPSA) is 127 Å². The molecule has 0 unspecified atom stereocenters. The van der Waals surface area contributed by atoms with Crippen molar-refractivity contribution in [2.45, 2.75) is 32.4 Å². The van der Waals surface area contributed by atoms with Crippen LogP contribution in [-0.2, 0) is 29.4 Å². The molecule has 0 spiro atoms. The zero-order valence-electron chi connectivity index (χ0n) is 15.9. The van der Waals surface area contributed by atoms with Crippen LogP contribution >= 0.6 is 0 Å². The van der Waals surface area contributed by atoms with Crippen molar-refractivity contribution in [3.8, 4) is 0 Å². The van der Waals surface area contributed by atoms with Crippen molar-refractivity contribution in [3.63, 3.8) is 0 Å². The summed E-state index contributed by atoms with van der Waals surface area (Å²) in [4.78, 5) is 26.6. The van der Waals surface area contributed by atoms with Gasteiger partial charge in [-0.1, -0.05) is 12.1 Å². The van der Waals surface area contributed by atoms with Crippen LogP contribution < -0.4 is 4.72 Å². The number of para-hydroxylation sites is 1. The number of carbonyl (C=O) groups excluding carboxylic acids is 2. The van der Waals surface area contributed by atoms with Crippen molar-refractivity contribution in [3.05, 3.63) is 29.8 Å². The lowest BCUT2D eigenvalue weighted by Crippen LogP contribution is -2.46. The molecule has 1 heterocycles. The van der Waals surface area contributed by atoms with Gasteiger partial charge in [0.05, 0.1) is 29.0 Å². The molecule has 1 N–H and O–H groups in total. The predicted octanol–water partition coefficient (Wildman–Crippen LogP) is 0.639. The van der Waals surface area contributed by atoms with Gasteiger partial charge in [-0.25, -0.2) is 21.6 Å². The minimum Gasteiger partial charge on any atom is -0.449 e. The van der Waals surface area contributed by atoms with Crippen LogP contribution in [-0.4, -0.2) is 70.1 Å². The van der Waals surface area contributed by atoms with Gasteiger partial charge in [0, 0.05) is 12.6 Å². The molecule has 1 aromatic carbocycles. The van der Waals surface area contributed by atoms with Crippen LogP contribution in [0.3, 0.4) is 0 Å². The summed E-state index contributed by atoms with van der Waals surface area (Å²) in [6, 6.07) is 5.44. The normalized spacial score (nSPS) is 19.6. The van der Waals surface area contributed by atoms with Gasteiger partial charge in [0.1, 0.15) is 0 Å². The minimum atomic E-state index is -3.61. The van der Waals surface area contributed by atoms with Gasteiger partial charge in [-0.05, 0) is 32.4 Å². The Balaban J connectivity index is 2.12.